The molecule has 0 aliphatic carbocycles. The molecule has 2 aliphatic rings. The van der Waals surface area contributed by atoms with Gasteiger partial charge in [0.15, 0.2) is 0 Å². The highest BCUT2D eigenvalue weighted by atomic mass is 32.2. The van der Waals surface area contributed by atoms with Gasteiger partial charge >= 0.3 is 6.03 Å². The number of carbonyl (C=O) groups excluding carboxylic acids is 1. The van der Waals surface area contributed by atoms with Crippen LogP contribution >= 0.6 is 11.8 Å². The molecule has 0 bridgehead atoms. The van der Waals surface area contributed by atoms with Gasteiger partial charge in [-0.2, -0.15) is 0 Å². The number of morpholine rings is 1. The molecule has 24 heavy (non-hydrogen) atoms. The molecule has 1 aromatic rings. The van der Waals surface area contributed by atoms with Gasteiger partial charge in [0.25, 0.3) is 0 Å². The minimum absolute atomic E-state index is 0.0541. The molecule has 2 fully saturated rings. The molecule has 1 N–H and O–H groups in total. The smallest absolute Gasteiger partial charge is 0.317 e. The summed E-state index contributed by atoms with van der Waals surface area (Å²) >= 11 is 1.73. The van der Waals surface area contributed by atoms with Crippen LogP contribution in [0, 0.1) is 6.92 Å². The Labute approximate surface area is 148 Å². The Balaban J connectivity index is 1.51. The molecule has 6 heteroatoms. The van der Waals surface area contributed by atoms with E-state index in [1.807, 2.05) is 4.90 Å². The molecule has 2 heterocycles. The Morgan fingerprint density at radius 1 is 1.33 bits per heavy atom. The molecular formula is C18H27N3O2S. The summed E-state index contributed by atoms with van der Waals surface area (Å²) in [6, 6.07) is 6.93. The first-order valence-corrected chi connectivity index (χ1v) is 9.88. The minimum atomic E-state index is 0.0541. The van der Waals surface area contributed by atoms with E-state index in [2.05, 4.69) is 41.6 Å². The maximum atomic E-state index is 12.5. The number of carbonyl (C=O) groups is 1. The molecule has 0 radical (unpaired) electrons. The Bertz CT molecular complexity index is 575. The predicted octanol–water partition coefficient (Wildman–Crippen LogP) is 2.33. The number of likely N-dealkylation sites (tertiary alicyclic amines) is 1. The van der Waals surface area contributed by atoms with E-state index >= 15 is 0 Å². The number of benzene rings is 1. The number of nitrogens with one attached hydrogen (secondary N) is 1. The average Bonchev–Trinajstić information content (AvgIpc) is 3.11. The van der Waals surface area contributed by atoms with Crippen molar-refractivity contribution in [1.82, 2.24) is 15.1 Å². The standard InChI is InChI=1S/C18H27N3O2S/c1-14-3-4-15(17(11-14)24-2)12-19-18(22)21-6-5-16(13-21)20-7-9-23-10-8-20/h3-4,11,16H,5-10,12-13H2,1-2H3,(H,19,22)/t16-/m1/s1. The molecule has 0 saturated carbocycles. The SMILES string of the molecule is CSc1cc(C)ccc1CNC(=O)N1CC[C@@H](N2CCOCC2)C1. The summed E-state index contributed by atoms with van der Waals surface area (Å²) < 4.78 is 5.41. The van der Waals surface area contributed by atoms with Crippen LogP contribution in [0.25, 0.3) is 0 Å². The third-order valence-electron chi connectivity index (χ3n) is 4.89. The van der Waals surface area contributed by atoms with E-state index < -0.39 is 0 Å². The summed E-state index contributed by atoms with van der Waals surface area (Å²) in [6.07, 6.45) is 3.14. The van der Waals surface area contributed by atoms with E-state index in [0.717, 1.165) is 45.8 Å². The van der Waals surface area contributed by atoms with Gasteiger partial charge in [0.05, 0.1) is 13.2 Å². The van der Waals surface area contributed by atoms with E-state index in [9.17, 15) is 4.79 Å². The Morgan fingerprint density at radius 3 is 2.88 bits per heavy atom. The summed E-state index contributed by atoms with van der Waals surface area (Å²) in [5, 5.41) is 3.09. The average molecular weight is 350 g/mol. The first-order chi connectivity index (χ1) is 11.7. The highest BCUT2D eigenvalue weighted by Crippen LogP contribution is 2.22. The van der Waals surface area contributed by atoms with Gasteiger partial charge in [-0.25, -0.2) is 4.79 Å². The first-order valence-electron chi connectivity index (χ1n) is 8.65. The van der Waals surface area contributed by atoms with Crippen LogP contribution in [-0.2, 0) is 11.3 Å². The van der Waals surface area contributed by atoms with Gasteiger partial charge in [0, 0.05) is 43.7 Å². The Kier molecular flexibility index (Phi) is 6.03. The Hall–Kier alpha value is -1.24. The van der Waals surface area contributed by atoms with Gasteiger partial charge in [-0.3, -0.25) is 4.90 Å². The fourth-order valence-electron chi connectivity index (χ4n) is 3.45. The van der Waals surface area contributed by atoms with Gasteiger partial charge in [-0.15, -0.1) is 11.8 Å². The van der Waals surface area contributed by atoms with Crippen molar-refractivity contribution in [2.24, 2.45) is 0 Å². The van der Waals surface area contributed by atoms with Crippen LogP contribution in [0.4, 0.5) is 4.79 Å². The molecule has 132 valence electrons. The molecule has 0 unspecified atom stereocenters. The molecule has 3 rings (SSSR count). The summed E-state index contributed by atoms with van der Waals surface area (Å²) in [5.74, 6) is 0. The summed E-state index contributed by atoms with van der Waals surface area (Å²) in [5.41, 5.74) is 2.44. The molecular weight excluding hydrogens is 322 g/mol. The molecule has 0 aromatic heterocycles. The molecule has 2 amide bonds. The third-order valence-corrected chi connectivity index (χ3v) is 5.71. The van der Waals surface area contributed by atoms with E-state index in [0.29, 0.717) is 12.6 Å². The van der Waals surface area contributed by atoms with Gasteiger partial charge in [-0.05, 0) is 36.8 Å². The maximum Gasteiger partial charge on any atom is 0.317 e. The normalized spacial score (nSPS) is 21.9. The van der Waals surface area contributed by atoms with Crippen molar-refractivity contribution in [1.29, 1.82) is 0 Å². The zero-order chi connectivity index (χ0) is 16.9. The quantitative estimate of drug-likeness (QED) is 0.848. The van der Waals surface area contributed by atoms with E-state index in [4.69, 9.17) is 4.74 Å². The lowest BCUT2D eigenvalue weighted by atomic mass is 10.1. The first kappa shape index (κ1) is 17.6. The van der Waals surface area contributed by atoms with Crippen LogP contribution < -0.4 is 5.32 Å². The van der Waals surface area contributed by atoms with Crippen LogP contribution in [0.15, 0.2) is 23.1 Å². The monoisotopic (exact) mass is 349 g/mol. The van der Waals surface area contributed by atoms with E-state index in [1.165, 1.54) is 16.0 Å². The van der Waals surface area contributed by atoms with Gasteiger partial charge < -0.3 is 15.0 Å². The van der Waals surface area contributed by atoms with Crippen LogP contribution in [0.2, 0.25) is 0 Å². The Morgan fingerprint density at radius 2 is 2.12 bits per heavy atom. The van der Waals surface area contributed by atoms with Crippen LogP contribution in [0.3, 0.4) is 0 Å². The van der Waals surface area contributed by atoms with Crippen molar-refractivity contribution in [2.75, 3.05) is 45.6 Å². The highest BCUT2D eigenvalue weighted by molar-refractivity contribution is 7.98. The second-order valence-corrected chi connectivity index (χ2v) is 7.36. The molecule has 1 aromatic carbocycles. The second-order valence-electron chi connectivity index (χ2n) is 6.51. The zero-order valence-electron chi connectivity index (χ0n) is 14.6. The van der Waals surface area contributed by atoms with Crippen molar-refractivity contribution in [3.8, 4) is 0 Å². The number of thioether (sulfide) groups is 1. The van der Waals surface area contributed by atoms with Gasteiger partial charge in [-0.1, -0.05) is 12.1 Å². The predicted molar refractivity (Wildman–Crippen MR) is 97.6 cm³/mol. The second kappa shape index (κ2) is 8.23. The highest BCUT2D eigenvalue weighted by Gasteiger charge is 2.31. The molecule has 5 nitrogen and oxygen atoms in total. The van der Waals surface area contributed by atoms with Gasteiger partial charge in [0.1, 0.15) is 0 Å². The van der Waals surface area contributed by atoms with Crippen molar-refractivity contribution < 1.29 is 9.53 Å². The van der Waals surface area contributed by atoms with Crippen LogP contribution in [0.1, 0.15) is 17.5 Å². The minimum Gasteiger partial charge on any atom is -0.379 e. The zero-order valence-corrected chi connectivity index (χ0v) is 15.4. The van der Waals surface area contributed by atoms with Gasteiger partial charge in [0.2, 0.25) is 0 Å². The van der Waals surface area contributed by atoms with Crippen molar-refractivity contribution in [2.45, 2.75) is 30.8 Å². The fourth-order valence-corrected chi connectivity index (χ4v) is 4.15. The lowest BCUT2D eigenvalue weighted by Crippen LogP contribution is -2.46. The third kappa shape index (κ3) is 4.23. The fraction of sp³-hybridized carbons (Fsp3) is 0.611. The molecule has 1 atom stereocenters. The van der Waals surface area contributed by atoms with Crippen molar-refractivity contribution in [3.63, 3.8) is 0 Å². The maximum absolute atomic E-state index is 12.5. The number of aryl methyl sites for hydroxylation is 1. The largest absolute Gasteiger partial charge is 0.379 e. The van der Waals surface area contributed by atoms with Crippen LogP contribution in [0.5, 0.6) is 0 Å². The lowest BCUT2D eigenvalue weighted by Gasteiger charge is -2.32. The molecule has 2 aliphatic heterocycles. The number of hydrogen-bond donors (Lipinski definition) is 1. The summed E-state index contributed by atoms with van der Waals surface area (Å²) in [7, 11) is 0. The number of ether oxygens (including phenoxy) is 1. The summed E-state index contributed by atoms with van der Waals surface area (Å²) in [6.45, 7) is 7.96. The lowest BCUT2D eigenvalue weighted by molar-refractivity contribution is 0.0191. The van der Waals surface area contributed by atoms with Crippen molar-refractivity contribution >= 4 is 17.8 Å². The van der Waals surface area contributed by atoms with Crippen molar-refractivity contribution in [3.05, 3.63) is 29.3 Å². The number of urea groups is 1. The summed E-state index contributed by atoms with van der Waals surface area (Å²) in [4.78, 5) is 18.1. The number of nitrogens with zero attached hydrogens (tertiary/aromatic N) is 2. The van der Waals surface area contributed by atoms with E-state index in [1.54, 1.807) is 11.8 Å². The topological polar surface area (TPSA) is 44.8 Å². The molecule has 0 spiro atoms. The molecule has 2 saturated heterocycles. The number of rotatable bonds is 4. The van der Waals surface area contributed by atoms with Crippen LogP contribution in [-0.4, -0.2) is 67.5 Å². The number of amides is 2. The number of hydrogen-bond acceptors (Lipinski definition) is 4. The van der Waals surface area contributed by atoms with E-state index in [-0.39, 0.29) is 6.03 Å².